The molecule has 1 fully saturated rings. The van der Waals surface area contributed by atoms with Gasteiger partial charge in [0.15, 0.2) is 0 Å². The molecule has 1 aromatic carbocycles. The Bertz CT molecular complexity index is 1120. The van der Waals surface area contributed by atoms with Crippen molar-refractivity contribution in [2.75, 3.05) is 25.0 Å². The minimum Gasteiger partial charge on any atom is -0.341 e. The van der Waals surface area contributed by atoms with Gasteiger partial charge < -0.3 is 20.4 Å². The smallest absolute Gasteiger partial charge is 0.330 e. The first kappa shape index (κ1) is 26.4. The molecular weight excluding hydrogens is 571 g/mol. The third kappa shape index (κ3) is 5.84. The highest BCUT2D eigenvalue weighted by Gasteiger charge is 2.38. The summed E-state index contributed by atoms with van der Waals surface area (Å²) in [6.07, 6.45) is 3.42. The summed E-state index contributed by atoms with van der Waals surface area (Å²) >= 11 is 2.30. The maximum atomic E-state index is 13.5. The molecule has 9 nitrogen and oxygen atoms in total. The number of alkyl halides is 1. The van der Waals surface area contributed by atoms with Crippen LogP contribution in [0.25, 0.3) is 0 Å². The summed E-state index contributed by atoms with van der Waals surface area (Å²) in [5, 5.41) is 5.76. The predicted octanol–water partition coefficient (Wildman–Crippen LogP) is 4.39. The van der Waals surface area contributed by atoms with Crippen molar-refractivity contribution in [1.29, 1.82) is 0 Å². The number of aromatic nitrogens is 2. The molecule has 0 unspecified atom stereocenters. The van der Waals surface area contributed by atoms with Gasteiger partial charge in [-0.25, -0.2) is 14.6 Å². The monoisotopic (exact) mass is 606 g/mol. The van der Waals surface area contributed by atoms with Crippen LogP contribution in [0.2, 0.25) is 0 Å². The highest BCUT2D eigenvalue weighted by atomic mass is 127. The van der Waals surface area contributed by atoms with Crippen molar-refractivity contribution >= 4 is 46.2 Å². The van der Waals surface area contributed by atoms with Gasteiger partial charge in [-0.2, -0.15) is 0 Å². The lowest BCUT2D eigenvalue weighted by molar-refractivity contribution is -0.137. The third-order valence-electron chi connectivity index (χ3n) is 6.99. The van der Waals surface area contributed by atoms with E-state index in [1.54, 1.807) is 10.8 Å². The van der Waals surface area contributed by atoms with E-state index >= 15 is 0 Å². The van der Waals surface area contributed by atoms with E-state index in [0.717, 1.165) is 28.8 Å². The number of imidazole rings is 1. The fourth-order valence-electron chi connectivity index (χ4n) is 4.87. The van der Waals surface area contributed by atoms with Gasteiger partial charge in [-0.1, -0.05) is 55.5 Å². The normalized spacial score (nSPS) is 17.2. The Morgan fingerprint density at radius 1 is 1.17 bits per heavy atom. The van der Waals surface area contributed by atoms with E-state index in [2.05, 4.69) is 38.2 Å². The number of carbonyl (C=O) groups excluding carboxylic acids is 3. The second-order valence-corrected chi connectivity index (χ2v) is 11.6. The fraction of sp³-hybridized carbons (Fsp3) is 0.538. The van der Waals surface area contributed by atoms with Crippen LogP contribution in [0.15, 0.2) is 30.5 Å². The molecular formula is C26H35IN6O3. The van der Waals surface area contributed by atoms with Crippen LogP contribution >= 0.6 is 22.6 Å². The standard InChI is InChI=1S/C26H35IN6O3/c1-17-28-14-21-16-32(25(36)33(17)21)15-19-9-11-31(12-10-19)23(34)22(26(2,3)4)30-24(35)29-20-7-5-18(13-27)6-8-20/h5-8,14,19,22H,9-13,15-16H2,1-4H3,(H2,29,30,35)/t22-/m0/s1. The molecule has 2 aliphatic rings. The molecule has 2 aromatic rings. The molecule has 3 heterocycles. The van der Waals surface area contributed by atoms with Crippen LogP contribution in [-0.4, -0.2) is 63.0 Å². The summed E-state index contributed by atoms with van der Waals surface area (Å²) in [6, 6.07) is 6.64. The molecule has 0 saturated carbocycles. The fourth-order valence-corrected chi connectivity index (χ4v) is 5.37. The Morgan fingerprint density at radius 2 is 1.83 bits per heavy atom. The first-order valence-electron chi connectivity index (χ1n) is 12.4. The van der Waals surface area contributed by atoms with Gasteiger partial charge in [0.25, 0.3) is 0 Å². The Kier molecular flexibility index (Phi) is 7.91. The number of piperidine rings is 1. The van der Waals surface area contributed by atoms with E-state index in [-0.39, 0.29) is 18.0 Å². The number of halogens is 1. The zero-order valence-corrected chi connectivity index (χ0v) is 23.5. The minimum atomic E-state index is -0.649. The molecule has 4 rings (SSSR count). The molecule has 194 valence electrons. The summed E-state index contributed by atoms with van der Waals surface area (Å²) in [4.78, 5) is 46.9. The number of rotatable bonds is 6. The molecule has 2 N–H and O–H groups in total. The molecule has 2 aliphatic heterocycles. The summed E-state index contributed by atoms with van der Waals surface area (Å²) in [5.74, 6) is 0.998. The van der Waals surface area contributed by atoms with Crippen molar-refractivity contribution in [2.24, 2.45) is 11.3 Å². The summed E-state index contributed by atoms with van der Waals surface area (Å²) < 4.78 is 2.59. The van der Waals surface area contributed by atoms with Crippen LogP contribution in [0.1, 0.15) is 50.7 Å². The van der Waals surface area contributed by atoms with Gasteiger partial charge in [-0.3, -0.25) is 9.36 Å². The van der Waals surface area contributed by atoms with Gasteiger partial charge in [0, 0.05) is 29.7 Å². The second kappa shape index (κ2) is 10.8. The van der Waals surface area contributed by atoms with Gasteiger partial charge in [-0.15, -0.1) is 0 Å². The third-order valence-corrected chi connectivity index (χ3v) is 7.87. The number of amides is 4. The molecule has 10 heteroatoms. The molecule has 1 saturated heterocycles. The first-order valence-corrected chi connectivity index (χ1v) is 13.9. The Morgan fingerprint density at radius 3 is 2.42 bits per heavy atom. The van der Waals surface area contributed by atoms with Crippen LogP contribution in [0.4, 0.5) is 15.3 Å². The molecule has 0 radical (unpaired) electrons. The summed E-state index contributed by atoms with van der Waals surface area (Å²) in [6.45, 7) is 10.2. The van der Waals surface area contributed by atoms with Gasteiger partial charge >= 0.3 is 12.1 Å². The number of urea groups is 1. The Hall–Kier alpha value is -2.63. The van der Waals surface area contributed by atoms with Crippen molar-refractivity contribution in [3.05, 3.63) is 47.5 Å². The summed E-state index contributed by atoms with van der Waals surface area (Å²) in [7, 11) is 0. The van der Waals surface area contributed by atoms with E-state index in [0.29, 0.717) is 37.8 Å². The van der Waals surface area contributed by atoms with Crippen LogP contribution in [-0.2, 0) is 15.8 Å². The topological polar surface area (TPSA) is 99.6 Å². The number of fused-ring (bicyclic) bond motifs is 1. The van der Waals surface area contributed by atoms with Gasteiger partial charge in [0.2, 0.25) is 5.91 Å². The van der Waals surface area contributed by atoms with Gasteiger partial charge in [0.1, 0.15) is 11.9 Å². The average Bonchev–Trinajstić information content (AvgIpc) is 3.36. The number of aryl methyl sites for hydroxylation is 1. The highest BCUT2D eigenvalue weighted by molar-refractivity contribution is 14.1. The number of benzene rings is 1. The lowest BCUT2D eigenvalue weighted by Gasteiger charge is -2.38. The Labute approximate surface area is 226 Å². The van der Waals surface area contributed by atoms with Gasteiger partial charge in [-0.05, 0) is 48.8 Å². The second-order valence-electron chi connectivity index (χ2n) is 10.8. The van der Waals surface area contributed by atoms with Crippen molar-refractivity contribution in [1.82, 2.24) is 24.7 Å². The molecule has 0 bridgehead atoms. The van der Waals surface area contributed by atoms with Crippen LogP contribution < -0.4 is 10.6 Å². The average molecular weight is 607 g/mol. The Balaban J connectivity index is 1.31. The zero-order valence-electron chi connectivity index (χ0n) is 21.4. The number of carbonyl (C=O) groups is 3. The molecule has 36 heavy (non-hydrogen) atoms. The largest absolute Gasteiger partial charge is 0.341 e. The predicted molar refractivity (Wildman–Crippen MR) is 147 cm³/mol. The summed E-state index contributed by atoms with van der Waals surface area (Å²) in [5.41, 5.74) is 2.36. The maximum Gasteiger partial charge on any atom is 0.330 e. The molecule has 4 amide bonds. The van der Waals surface area contributed by atoms with E-state index in [9.17, 15) is 14.4 Å². The molecule has 1 aromatic heterocycles. The quantitative estimate of drug-likeness (QED) is 0.377. The maximum absolute atomic E-state index is 13.5. The van der Waals surface area contributed by atoms with Crippen molar-refractivity contribution < 1.29 is 14.4 Å². The van der Waals surface area contributed by atoms with E-state index in [1.165, 1.54) is 5.56 Å². The van der Waals surface area contributed by atoms with Crippen molar-refractivity contribution in [2.45, 2.75) is 57.6 Å². The van der Waals surface area contributed by atoms with Gasteiger partial charge in [0.05, 0.1) is 18.4 Å². The first-order chi connectivity index (χ1) is 17.1. The van der Waals surface area contributed by atoms with Crippen LogP contribution in [0.5, 0.6) is 0 Å². The van der Waals surface area contributed by atoms with E-state index in [4.69, 9.17) is 0 Å². The minimum absolute atomic E-state index is 0.00884. The lowest BCUT2D eigenvalue weighted by atomic mass is 9.85. The zero-order chi connectivity index (χ0) is 26.0. The number of anilines is 1. The molecule has 1 atom stereocenters. The van der Waals surface area contributed by atoms with Crippen LogP contribution in [0.3, 0.4) is 0 Å². The van der Waals surface area contributed by atoms with E-state index in [1.807, 2.05) is 61.8 Å². The van der Waals surface area contributed by atoms with Crippen molar-refractivity contribution in [3.8, 4) is 0 Å². The number of likely N-dealkylation sites (tertiary alicyclic amines) is 1. The SMILES string of the molecule is Cc1ncc2n1C(=O)N(CC1CCN(C(=O)[C@H](NC(=O)Nc3ccc(CI)cc3)C(C)(C)C)CC1)C2. The van der Waals surface area contributed by atoms with Crippen molar-refractivity contribution in [3.63, 3.8) is 0 Å². The highest BCUT2D eigenvalue weighted by Crippen LogP contribution is 2.27. The molecule has 0 spiro atoms. The molecule has 0 aliphatic carbocycles. The number of hydrogen-bond acceptors (Lipinski definition) is 4. The number of nitrogens with zero attached hydrogens (tertiary/aromatic N) is 4. The lowest BCUT2D eigenvalue weighted by Crippen LogP contribution is -2.57. The van der Waals surface area contributed by atoms with E-state index < -0.39 is 11.5 Å². The number of hydrogen-bond donors (Lipinski definition) is 2. The van der Waals surface area contributed by atoms with Crippen LogP contribution in [0, 0.1) is 18.3 Å². The number of nitrogens with one attached hydrogen (secondary N) is 2.